The number of imide groups is 1. The average molecular weight is 382 g/mol. The number of amides is 4. The normalized spacial score (nSPS) is 16.0. The van der Waals surface area contributed by atoms with Crippen molar-refractivity contribution in [3.63, 3.8) is 0 Å². The minimum atomic E-state index is -0.740. The molecule has 1 unspecified atom stereocenters. The first kappa shape index (κ1) is 19.0. The van der Waals surface area contributed by atoms with E-state index in [4.69, 9.17) is 0 Å². The van der Waals surface area contributed by atoms with Gasteiger partial charge in [-0.15, -0.1) is 0 Å². The monoisotopic (exact) mass is 382 g/mol. The second-order valence-corrected chi connectivity index (χ2v) is 6.33. The number of carbonyl (C=O) groups is 3. The number of urea groups is 1. The van der Waals surface area contributed by atoms with Crippen molar-refractivity contribution in [2.45, 2.75) is 19.0 Å². The maximum atomic E-state index is 12.6. The summed E-state index contributed by atoms with van der Waals surface area (Å²) in [5.41, 5.74) is 1.76. The van der Waals surface area contributed by atoms with Crippen molar-refractivity contribution in [2.75, 3.05) is 7.05 Å². The third-order valence-electron chi connectivity index (χ3n) is 4.45. The van der Waals surface area contributed by atoms with Gasteiger partial charge in [-0.1, -0.05) is 24.3 Å². The van der Waals surface area contributed by atoms with Gasteiger partial charge in [0, 0.05) is 31.2 Å². The van der Waals surface area contributed by atoms with E-state index in [1.54, 1.807) is 36.4 Å². The van der Waals surface area contributed by atoms with Gasteiger partial charge in [0.05, 0.1) is 11.5 Å². The van der Waals surface area contributed by atoms with E-state index in [-0.39, 0.29) is 30.5 Å². The van der Waals surface area contributed by atoms with Crippen LogP contribution in [0.25, 0.3) is 0 Å². The van der Waals surface area contributed by atoms with Gasteiger partial charge >= 0.3 is 6.03 Å². The molecule has 2 aromatic carbocycles. The van der Waals surface area contributed by atoms with E-state index >= 15 is 0 Å². The summed E-state index contributed by atoms with van der Waals surface area (Å²) in [6.45, 7) is 0.0479. The highest BCUT2D eigenvalue weighted by Crippen LogP contribution is 2.18. The van der Waals surface area contributed by atoms with E-state index in [1.807, 2.05) is 0 Å². The molecule has 4 amide bonds. The summed E-state index contributed by atoms with van der Waals surface area (Å²) >= 11 is 0. The number of hydrogen-bond donors (Lipinski definition) is 2. The SMILES string of the molecule is CNC(=O)c1cccc(CN2C(=O)NC(Cc3ccc([N+](=O)[O-])cc3)C2=O)c1. The lowest BCUT2D eigenvalue weighted by Gasteiger charge is -2.14. The Balaban J connectivity index is 1.70. The molecule has 9 nitrogen and oxygen atoms in total. The molecule has 2 aromatic rings. The molecule has 1 heterocycles. The van der Waals surface area contributed by atoms with Crippen LogP contribution in [0.2, 0.25) is 0 Å². The van der Waals surface area contributed by atoms with E-state index in [0.717, 1.165) is 4.90 Å². The fourth-order valence-electron chi connectivity index (χ4n) is 2.99. The molecule has 9 heteroatoms. The Labute approximate surface area is 160 Å². The number of carbonyl (C=O) groups excluding carboxylic acids is 3. The molecule has 1 saturated heterocycles. The Kier molecular flexibility index (Phi) is 5.35. The number of nitrogens with zero attached hydrogens (tertiary/aromatic N) is 2. The van der Waals surface area contributed by atoms with Crippen LogP contribution >= 0.6 is 0 Å². The van der Waals surface area contributed by atoms with Gasteiger partial charge in [0.15, 0.2) is 0 Å². The number of nitro groups is 1. The lowest BCUT2D eigenvalue weighted by Crippen LogP contribution is -2.32. The average Bonchev–Trinajstić information content (AvgIpc) is 2.95. The van der Waals surface area contributed by atoms with Crippen LogP contribution in [0.3, 0.4) is 0 Å². The molecule has 0 spiro atoms. The maximum Gasteiger partial charge on any atom is 0.325 e. The molecular formula is C19H18N4O5. The Hall–Kier alpha value is -3.75. The Morgan fingerprint density at radius 1 is 1.18 bits per heavy atom. The van der Waals surface area contributed by atoms with Crippen molar-refractivity contribution in [3.8, 4) is 0 Å². The van der Waals surface area contributed by atoms with Crippen molar-refractivity contribution < 1.29 is 19.3 Å². The first-order chi connectivity index (χ1) is 13.4. The number of non-ortho nitro benzene ring substituents is 1. The van der Waals surface area contributed by atoms with Crippen molar-refractivity contribution >= 4 is 23.5 Å². The van der Waals surface area contributed by atoms with E-state index in [0.29, 0.717) is 16.7 Å². The molecule has 0 saturated carbocycles. The minimum Gasteiger partial charge on any atom is -0.355 e. The first-order valence-corrected chi connectivity index (χ1v) is 8.55. The van der Waals surface area contributed by atoms with E-state index in [2.05, 4.69) is 10.6 Å². The Morgan fingerprint density at radius 2 is 1.89 bits per heavy atom. The smallest absolute Gasteiger partial charge is 0.325 e. The van der Waals surface area contributed by atoms with E-state index in [9.17, 15) is 24.5 Å². The highest BCUT2D eigenvalue weighted by Gasteiger charge is 2.37. The van der Waals surface area contributed by atoms with Crippen LogP contribution in [0.5, 0.6) is 0 Å². The van der Waals surface area contributed by atoms with Crippen molar-refractivity contribution in [3.05, 3.63) is 75.3 Å². The van der Waals surface area contributed by atoms with E-state index in [1.165, 1.54) is 19.2 Å². The number of rotatable bonds is 6. The van der Waals surface area contributed by atoms with Crippen LogP contribution in [-0.4, -0.2) is 40.8 Å². The van der Waals surface area contributed by atoms with Gasteiger partial charge in [0.25, 0.3) is 17.5 Å². The van der Waals surface area contributed by atoms with Crippen molar-refractivity contribution in [1.82, 2.24) is 15.5 Å². The highest BCUT2D eigenvalue weighted by molar-refractivity contribution is 6.04. The van der Waals surface area contributed by atoms with Crippen LogP contribution in [0.1, 0.15) is 21.5 Å². The van der Waals surface area contributed by atoms with Gasteiger partial charge in [-0.05, 0) is 23.3 Å². The zero-order chi connectivity index (χ0) is 20.3. The molecule has 0 radical (unpaired) electrons. The third kappa shape index (κ3) is 3.98. The van der Waals surface area contributed by atoms with Gasteiger partial charge in [-0.2, -0.15) is 0 Å². The fourth-order valence-corrected chi connectivity index (χ4v) is 2.99. The molecular weight excluding hydrogens is 364 g/mol. The Bertz CT molecular complexity index is 942. The number of nitrogens with one attached hydrogen (secondary N) is 2. The summed E-state index contributed by atoms with van der Waals surface area (Å²) in [6, 6.07) is 11.3. The van der Waals surface area contributed by atoms with Crippen LogP contribution in [0, 0.1) is 10.1 Å². The van der Waals surface area contributed by atoms with Gasteiger partial charge in [-0.3, -0.25) is 24.6 Å². The number of nitro benzene ring substituents is 1. The predicted molar refractivity (Wildman–Crippen MR) is 99.5 cm³/mol. The van der Waals surface area contributed by atoms with Crippen molar-refractivity contribution in [2.24, 2.45) is 0 Å². The molecule has 3 rings (SSSR count). The topological polar surface area (TPSA) is 122 Å². The van der Waals surface area contributed by atoms with Gasteiger partial charge in [-0.25, -0.2) is 4.79 Å². The zero-order valence-corrected chi connectivity index (χ0v) is 15.0. The van der Waals surface area contributed by atoms with Crippen LogP contribution in [-0.2, 0) is 17.8 Å². The molecule has 144 valence electrons. The second-order valence-electron chi connectivity index (χ2n) is 6.33. The molecule has 1 aliphatic heterocycles. The molecule has 1 atom stereocenters. The lowest BCUT2D eigenvalue weighted by atomic mass is 10.1. The minimum absolute atomic E-state index is 0.0387. The molecule has 0 aromatic heterocycles. The Morgan fingerprint density at radius 3 is 2.54 bits per heavy atom. The highest BCUT2D eigenvalue weighted by atomic mass is 16.6. The summed E-state index contributed by atoms with van der Waals surface area (Å²) in [5, 5.41) is 15.9. The van der Waals surface area contributed by atoms with Crippen molar-refractivity contribution in [1.29, 1.82) is 0 Å². The first-order valence-electron chi connectivity index (χ1n) is 8.55. The third-order valence-corrected chi connectivity index (χ3v) is 4.45. The summed E-state index contributed by atoms with van der Waals surface area (Å²) in [7, 11) is 1.52. The molecule has 0 aliphatic carbocycles. The van der Waals surface area contributed by atoms with E-state index < -0.39 is 17.0 Å². The lowest BCUT2D eigenvalue weighted by molar-refractivity contribution is -0.384. The van der Waals surface area contributed by atoms with Gasteiger partial charge in [0.1, 0.15) is 6.04 Å². The second kappa shape index (κ2) is 7.87. The van der Waals surface area contributed by atoms with Crippen LogP contribution in [0.4, 0.5) is 10.5 Å². The summed E-state index contributed by atoms with van der Waals surface area (Å²) < 4.78 is 0. The molecule has 1 fully saturated rings. The molecule has 2 N–H and O–H groups in total. The molecule has 0 bridgehead atoms. The number of benzene rings is 2. The maximum absolute atomic E-state index is 12.6. The van der Waals surface area contributed by atoms with Crippen LogP contribution < -0.4 is 10.6 Å². The van der Waals surface area contributed by atoms with Gasteiger partial charge < -0.3 is 10.6 Å². The standard InChI is InChI=1S/C19H18N4O5/c1-20-17(24)14-4-2-3-13(9-14)11-22-18(25)16(21-19(22)26)10-12-5-7-15(8-6-12)23(27)28/h2-9,16H,10-11H2,1H3,(H,20,24)(H,21,26). The molecule has 28 heavy (non-hydrogen) atoms. The quantitative estimate of drug-likeness (QED) is 0.447. The molecule has 1 aliphatic rings. The summed E-state index contributed by atoms with van der Waals surface area (Å²) in [6.07, 6.45) is 0.233. The largest absolute Gasteiger partial charge is 0.355 e. The summed E-state index contributed by atoms with van der Waals surface area (Å²) in [4.78, 5) is 47.9. The fraction of sp³-hybridized carbons (Fsp3) is 0.211. The summed E-state index contributed by atoms with van der Waals surface area (Å²) in [5.74, 6) is -0.635. The number of hydrogen-bond acceptors (Lipinski definition) is 5. The van der Waals surface area contributed by atoms with Crippen LogP contribution in [0.15, 0.2) is 48.5 Å². The van der Waals surface area contributed by atoms with Gasteiger partial charge in [0.2, 0.25) is 0 Å². The predicted octanol–water partition coefficient (Wildman–Crippen LogP) is 1.62. The zero-order valence-electron chi connectivity index (χ0n) is 15.0.